The Morgan fingerprint density at radius 2 is 1.92 bits per heavy atom. The van der Waals surface area contributed by atoms with E-state index in [9.17, 15) is 4.79 Å². The topological polar surface area (TPSA) is 48.0 Å². The fraction of sp³-hybridized carbons (Fsp3) is 0.350. The minimum absolute atomic E-state index is 0.246. The van der Waals surface area contributed by atoms with Gasteiger partial charge >= 0.3 is 6.09 Å². The number of fused-ring (bicyclic) bond motifs is 2. The Kier molecular flexibility index (Phi) is 3.60. The van der Waals surface area contributed by atoms with Crippen LogP contribution in [0.25, 0.3) is 11.1 Å². The second-order valence-electron chi connectivity index (χ2n) is 7.26. The second-order valence-corrected chi connectivity index (χ2v) is 7.26. The molecule has 5 nitrogen and oxygen atoms in total. The number of carbonyl (C=O) groups is 1. The molecule has 2 heterocycles. The van der Waals surface area contributed by atoms with E-state index in [4.69, 9.17) is 14.2 Å². The van der Waals surface area contributed by atoms with Crippen LogP contribution in [0.5, 0.6) is 11.5 Å². The Morgan fingerprint density at radius 3 is 2.72 bits per heavy atom. The SMILES string of the molecule is CC(C)(C)OC(=O)N1CCc2cccc(-c3ccc4c(c3)OCO4)c21. The molecule has 1 amide bonds. The third kappa shape index (κ3) is 2.90. The predicted octanol–water partition coefficient (Wildman–Crippen LogP) is 4.38. The lowest BCUT2D eigenvalue weighted by Gasteiger charge is -2.26. The average Bonchev–Trinajstić information content (AvgIpc) is 3.18. The molecule has 0 atom stereocenters. The van der Waals surface area contributed by atoms with Crippen molar-refractivity contribution < 1.29 is 19.0 Å². The molecular formula is C20H21NO4. The van der Waals surface area contributed by atoms with Gasteiger partial charge in [-0.3, -0.25) is 4.90 Å². The Morgan fingerprint density at radius 1 is 1.12 bits per heavy atom. The van der Waals surface area contributed by atoms with E-state index in [0.29, 0.717) is 6.54 Å². The average molecular weight is 339 g/mol. The van der Waals surface area contributed by atoms with E-state index in [1.54, 1.807) is 4.90 Å². The van der Waals surface area contributed by atoms with E-state index in [2.05, 4.69) is 6.07 Å². The van der Waals surface area contributed by atoms with E-state index in [0.717, 1.165) is 40.3 Å². The fourth-order valence-electron chi connectivity index (χ4n) is 3.25. The van der Waals surface area contributed by atoms with Gasteiger partial charge < -0.3 is 14.2 Å². The summed E-state index contributed by atoms with van der Waals surface area (Å²) in [5.41, 5.74) is 3.56. The van der Waals surface area contributed by atoms with Gasteiger partial charge in [-0.25, -0.2) is 4.79 Å². The van der Waals surface area contributed by atoms with Crippen molar-refractivity contribution in [1.82, 2.24) is 0 Å². The summed E-state index contributed by atoms with van der Waals surface area (Å²) < 4.78 is 16.5. The molecule has 25 heavy (non-hydrogen) atoms. The maximum Gasteiger partial charge on any atom is 0.414 e. The Balaban J connectivity index is 1.74. The number of hydrogen-bond acceptors (Lipinski definition) is 4. The predicted molar refractivity (Wildman–Crippen MR) is 95.3 cm³/mol. The third-order valence-corrected chi connectivity index (χ3v) is 4.29. The van der Waals surface area contributed by atoms with E-state index >= 15 is 0 Å². The van der Waals surface area contributed by atoms with Crippen molar-refractivity contribution in [3.63, 3.8) is 0 Å². The van der Waals surface area contributed by atoms with Crippen LogP contribution in [0.3, 0.4) is 0 Å². The van der Waals surface area contributed by atoms with Gasteiger partial charge in [-0.1, -0.05) is 24.3 Å². The van der Waals surface area contributed by atoms with Crippen molar-refractivity contribution >= 4 is 11.8 Å². The molecule has 0 N–H and O–H groups in total. The van der Waals surface area contributed by atoms with E-state index in [1.807, 2.05) is 51.1 Å². The summed E-state index contributed by atoms with van der Waals surface area (Å²) in [6.07, 6.45) is 0.520. The van der Waals surface area contributed by atoms with Gasteiger partial charge in [0.05, 0.1) is 5.69 Å². The highest BCUT2D eigenvalue weighted by Gasteiger charge is 2.31. The zero-order chi connectivity index (χ0) is 17.6. The molecule has 2 aliphatic rings. The Labute approximate surface area is 147 Å². The normalized spacial score (nSPS) is 15.2. The minimum Gasteiger partial charge on any atom is -0.454 e. The number of benzene rings is 2. The molecule has 4 rings (SSSR count). The molecule has 2 aromatic carbocycles. The van der Waals surface area contributed by atoms with Crippen molar-refractivity contribution in [2.24, 2.45) is 0 Å². The molecule has 5 heteroatoms. The summed E-state index contributed by atoms with van der Waals surface area (Å²) in [6, 6.07) is 12.0. The second kappa shape index (κ2) is 5.69. The van der Waals surface area contributed by atoms with Gasteiger partial charge in [0, 0.05) is 12.1 Å². The zero-order valence-corrected chi connectivity index (χ0v) is 14.7. The number of hydrogen-bond donors (Lipinski definition) is 0. The van der Waals surface area contributed by atoms with Crippen LogP contribution < -0.4 is 14.4 Å². The summed E-state index contributed by atoms with van der Waals surface area (Å²) in [5, 5.41) is 0. The van der Waals surface area contributed by atoms with Gasteiger partial charge in [-0.15, -0.1) is 0 Å². The van der Waals surface area contributed by atoms with E-state index in [-0.39, 0.29) is 12.9 Å². The Hall–Kier alpha value is -2.69. The van der Waals surface area contributed by atoms with Crippen molar-refractivity contribution in [3.05, 3.63) is 42.0 Å². The van der Waals surface area contributed by atoms with Crippen LogP contribution in [0.1, 0.15) is 26.3 Å². The molecule has 130 valence electrons. The van der Waals surface area contributed by atoms with Crippen molar-refractivity contribution in [2.75, 3.05) is 18.2 Å². The number of carbonyl (C=O) groups excluding carboxylic acids is 1. The van der Waals surface area contributed by atoms with Gasteiger partial charge in [-0.2, -0.15) is 0 Å². The number of para-hydroxylation sites is 1. The molecule has 2 aromatic rings. The molecule has 0 aromatic heterocycles. The van der Waals surface area contributed by atoms with Crippen molar-refractivity contribution in [3.8, 4) is 22.6 Å². The van der Waals surface area contributed by atoms with E-state index < -0.39 is 5.60 Å². The first-order valence-electron chi connectivity index (χ1n) is 8.45. The molecule has 0 aliphatic carbocycles. The van der Waals surface area contributed by atoms with Crippen LogP contribution in [0.4, 0.5) is 10.5 Å². The first kappa shape index (κ1) is 15.8. The molecule has 0 saturated heterocycles. The van der Waals surface area contributed by atoms with Crippen molar-refractivity contribution in [1.29, 1.82) is 0 Å². The monoisotopic (exact) mass is 339 g/mol. The summed E-state index contributed by atoms with van der Waals surface area (Å²) in [6.45, 7) is 6.52. The summed E-state index contributed by atoms with van der Waals surface area (Å²) in [7, 11) is 0. The van der Waals surface area contributed by atoms with Crippen LogP contribution in [0, 0.1) is 0 Å². The van der Waals surface area contributed by atoms with Crippen LogP contribution in [-0.2, 0) is 11.2 Å². The van der Waals surface area contributed by atoms with Crippen LogP contribution in [-0.4, -0.2) is 25.0 Å². The molecule has 0 fully saturated rings. The molecule has 0 spiro atoms. The lowest BCUT2D eigenvalue weighted by molar-refractivity contribution is 0.0584. The quantitative estimate of drug-likeness (QED) is 0.773. The lowest BCUT2D eigenvalue weighted by Crippen LogP contribution is -2.35. The molecule has 2 aliphatic heterocycles. The summed E-state index contributed by atoms with van der Waals surface area (Å²) in [4.78, 5) is 14.4. The van der Waals surface area contributed by atoms with Gasteiger partial charge in [0.1, 0.15) is 5.60 Å². The molecule has 0 radical (unpaired) electrons. The first-order chi connectivity index (χ1) is 11.9. The highest BCUT2D eigenvalue weighted by atomic mass is 16.7. The largest absolute Gasteiger partial charge is 0.454 e. The number of rotatable bonds is 1. The fourth-order valence-corrected chi connectivity index (χ4v) is 3.25. The minimum atomic E-state index is -0.520. The molecule has 0 saturated carbocycles. The number of nitrogens with zero attached hydrogens (tertiary/aromatic N) is 1. The Bertz CT molecular complexity index is 838. The third-order valence-electron chi connectivity index (χ3n) is 4.29. The van der Waals surface area contributed by atoms with Gasteiger partial charge in [0.2, 0.25) is 6.79 Å². The maximum atomic E-state index is 12.7. The summed E-state index contributed by atoms with van der Waals surface area (Å²) in [5.74, 6) is 1.48. The van der Waals surface area contributed by atoms with Crippen LogP contribution in [0.15, 0.2) is 36.4 Å². The molecule has 0 bridgehead atoms. The highest BCUT2D eigenvalue weighted by Crippen LogP contribution is 2.42. The number of amides is 1. The van der Waals surface area contributed by atoms with Crippen LogP contribution >= 0.6 is 0 Å². The zero-order valence-electron chi connectivity index (χ0n) is 14.7. The van der Waals surface area contributed by atoms with Crippen LogP contribution in [0.2, 0.25) is 0 Å². The lowest BCUT2D eigenvalue weighted by atomic mass is 10.00. The van der Waals surface area contributed by atoms with E-state index in [1.165, 1.54) is 0 Å². The number of anilines is 1. The van der Waals surface area contributed by atoms with Gasteiger partial charge in [-0.05, 0) is 50.5 Å². The first-order valence-corrected chi connectivity index (χ1v) is 8.45. The van der Waals surface area contributed by atoms with Gasteiger partial charge in [0.25, 0.3) is 0 Å². The maximum absolute atomic E-state index is 12.7. The molecular weight excluding hydrogens is 318 g/mol. The van der Waals surface area contributed by atoms with Gasteiger partial charge in [0.15, 0.2) is 11.5 Å². The smallest absolute Gasteiger partial charge is 0.414 e. The highest BCUT2D eigenvalue weighted by molar-refractivity contribution is 5.97. The van der Waals surface area contributed by atoms with Crippen molar-refractivity contribution in [2.45, 2.75) is 32.8 Å². The summed E-state index contributed by atoms with van der Waals surface area (Å²) >= 11 is 0. The number of ether oxygens (including phenoxy) is 3. The standard InChI is InChI=1S/C20H21NO4/c1-20(2,3)25-19(22)21-10-9-13-5-4-6-15(18(13)21)14-7-8-16-17(11-14)24-12-23-16/h4-8,11H,9-10,12H2,1-3H3. The molecule has 0 unspecified atom stereocenters.